The summed E-state index contributed by atoms with van der Waals surface area (Å²) in [6.45, 7) is 3.50. The van der Waals surface area contributed by atoms with Gasteiger partial charge < -0.3 is 10.1 Å². The number of esters is 1. The van der Waals surface area contributed by atoms with Gasteiger partial charge in [-0.15, -0.1) is 0 Å². The Balaban J connectivity index is 2.27. The molecule has 1 N–H and O–H groups in total. The number of ether oxygens (including phenoxy) is 1. The maximum absolute atomic E-state index is 12.7. The van der Waals surface area contributed by atoms with Crippen LogP contribution in [0.1, 0.15) is 42.2 Å². The minimum atomic E-state index is -0.611. The first-order valence-electron chi connectivity index (χ1n) is 8.27. The number of non-ortho nitro benzene ring substituents is 1. The lowest BCUT2D eigenvalue weighted by molar-refractivity contribution is -0.384. The number of carbonyl (C=O) groups is 2. The number of carbonyl (C=O) groups excluding carboxylic acids is 2. The molecule has 8 heteroatoms. The molecule has 0 bridgehead atoms. The molecule has 0 aliphatic rings. The van der Waals surface area contributed by atoms with Crippen molar-refractivity contribution in [2.45, 2.75) is 32.4 Å². The molecular formula is C19H19IN2O5. The van der Waals surface area contributed by atoms with E-state index in [1.807, 2.05) is 28.7 Å². The lowest BCUT2D eigenvalue weighted by Gasteiger charge is -2.20. The predicted molar refractivity (Wildman–Crippen MR) is 108 cm³/mol. The Bertz CT molecular complexity index is 839. The van der Waals surface area contributed by atoms with Crippen molar-refractivity contribution in [3.05, 3.63) is 73.3 Å². The zero-order valence-electron chi connectivity index (χ0n) is 14.8. The van der Waals surface area contributed by atoms with Crippen LogP contribution in [0.2, 0.25) is 0 Å². The number of nitrogens with one attached hydrogen (secondary N) is 1. The molecule has 0 aromatic heterocycles. The molecule has 0 fully saturated rings. The molecule has 0 aliphatic heterocycles. The normalized spacial score (nSPS) is 11.7. The molecule has 0 aliphatic carbocycles. The van der Waals surface area contributed by atoms with Crippen LogP contribution in [0.5, 0.6) is 0 Å². The average molecular weight is 482 g/mol. The number of nitro benzene ring substituents is 1. The lowest BCUT2D eigenvalue weighted by atomic mass is 10.0. The zero-order chi connectivity index (χ0) is 20.0. The van der Waals surface area contributed by atoms with E-state index < -0.39 is 22.8 Å². The highest BCUT2D eigenvalue weighted by atomic mass is 127. The molecule has 2 aromatic rings. The van der Waals surface area contributed by atoms with E-state index in [1.165, 1.54) is 18.2 Å². The average Bonchev–Trinajstić information content (AvgIpc) is 2.61. The third-order valence-corrected chi connectivity index (χ3v) is 4.59. The maximum atomic E-state index is 12.7. The third-order valence-electron chi connectivity index (χ3n) is 3.65. The molecule has 2 aromatic carbocycles. The molecule has 7 nitrogen and oxygen atoms in total. The van der Waals surface area contributed by atoms with Gasteiger partial charge in [0.05, 0.1) is 29.1 Å². The number of halogens is 1. The zero-order valence-corrected chi connectivity index (χ0v) is 17.0. The van der Waals surface area contributed by atoms with Gasteiger partial charge in [0, 0.05) is 15.7 Å². The van der Waals surface area contributed by atoms with Gasteiger partial charge >= 0.3 is 5.97 Å². The van der Waals surface area contributed by atoms with Crippen LogP contribution >= 0.6 is 22.6 Å². The van der Waals surface area contributed by atoms with Gasteiger partial charge in [-0.1, -0.05) is 30.3 Å². The third kappa shape index (κ3) is 6.02. The SMILES string of the molecule is CC(C)OC(=O)CC(NC(=O)c1cc([N+](=O)[O-])ccc1I)c1ccccc1. The number of amides is 1. The summed E-state index contributed by atoms with van der Waals surface area (Å²) in [4.78, 5) is 35.3. The molecule has 0 saturated carbocycles. The van der Waals surface area contributed by atoms with Gasteiger partial charge in [-0.2, -0.15) is 0 Å². The van der Waals surface area contributed by atoms with Crippen LogP contribution in [0.3, 0.4) is 0 Å². The molecule has 0 radical (unpaired) electrons. The highest BCUT2D eigenvalue weighted by Crippen LogP contribution is 2.22. The summed E-state index contributed by atoms with van der Waals surface area (Å²) in [6, 6.07) is 12.5. The fourth-order valence-electron chi connectivity index (χ4n) is 2.45. The second kappa shape index (κ2) is 9.45. The van der Waals surface area contributed by atoms with Gasteiger partial charge in [-0.3, -0.25) is 19.7 Å². The van der Waals surface area contributed by atoms with Crippen LogP contribution in [0.25, 0.3) is 0 Å². The molecule has 0 heterocycles. The standard InChI is InChI=1S/C19H19IN2O5/c1-12(2)27-18(23)11-17(13-6-4-3-5-7-13)21-19(24)15-10-14(22(25)26)8-9-16(15)20/h3-10,12,17H,11H2,1-2H3,(H,21,24). The molecule has 1 unspecified atom stereocenters. The Hall–Kier alpha value is -2.49. The van der Waals surface area contributed by atoms with Crippen LogP contribution < -0.4 is 5.32 Å². The van der Waals surface area contributed by atoms with E-state index in [9.17, 15) is 19.7 Å². The molecule has 0 saturated heterocycles. The smallest absolute Gasteiger partial charge is 0.308 e. The largest absolute Gasteiger partial charge is 0.463 e. The highest BCUT2D eigenvalue weighted by Gasteiger charge is 2.23. The molecular weight excluding hydrogens is 463 g/mol. The minimum Gasteiger partial charge on any atom is -0.463 e. The van der Waals surface area contributed by atoms with E-state index in [2.05, 4.69) is 5.32 Å². The molecule has 1 amide bonds. The second-order valence-corrected chi connectivity index (χ2v) is 7.26. The van der Waals surface area contributed by atoms with Gasteiger partial charge in [0.2, 0.25) is 0 Å². The number of rotatable bonds is 7. The highest BCUT2D eigenvalue weighted by molar-refractivity contribution is 14.1. The van der Waals surface area contributed by atoms with Crippen molar-refractivity contribution >= 4 is 40.2 Å². The van der Waals surface area contributed by atoms with E-state index in [-0.39, 0.29) is 23.8 Å². The van der Waals surface area contributed by atoms with Crippen molar-refractivity contribution < 1.29 is 19.2 Å². The van der Waals surface area contributed by atoms with E-state index in [0.717, 1.165) is 5.56 Å². The van der Waals surface area contributed by atoms with Crippen molar-refractivity contribution in [1.82, 2.24) is 5.32 Å². The van der Waals surface area contributed by atoms with E-state index in [1.54, 1.807) is 38.1 Å². The van der Waals surface area contributed by atoms with Crippen LogP contribution in [0, 0.1) is 13.7 Å². The van der Waals surface area contributed by atoms with Crippen molar-refractivity contribution in [2.75, 3.05) is 0 Å². The van der Waals surface area contributed by atoms with Crippen molar-refractivity contribution in [2.24, 2.45) is 0 Å². The number of nitrogens with zero attached hydrogens (tertiary/aromatic N) is 1. The molecule has 27 heavy (non-hydrogen) atoms. The molecule has 0 spiro atoms. The van der Waals surface area contributed by atoms with Crippen molar-refractivity contribution in [3.63, 3.8) is 0 Å². The summed E-state index contributed by atoms with van der Waals surface area (Å²) < 4.78 is 5.76. The summed E-state index contributed by atoms with van der Waals surface area (Å²) in [6.07, 6.45) is -0.304. The lowest BCUT2D eigenvalue weighted by Crippen LogP contribution is -2.31. The van der Waals surface area contributed by atoms with E-state index >= 15 is 0 Å². The van der Waals surface area contributed by atoms with E-state index in [0.29, 0.717) is 3.57 Å². The molecule has 2 rings (SSSR count). The Kier molecular flexibility index (Phi) is 7.28. The fourth-order valence-corrected chi connectivity index (χ4v) is 3.03. The summed E-state index contributed by atoms with van der Waals surface area (Å²) >= 11 is 1.94. The van der Waals surface area contributed by atoms with Crippen LogP contribution in [0.15, 0.2) is 48.5 Å². The summed E-state index contributed by atoms with van der Waals surface area (Å²) in [7, 11) is 0. The fraction of sp³-hybridized carbons (Fsp3) is 0.263. The van der Waals surface area contributed by atoms with Gasteiger partial charge in [0.1, 0.15) is 0 Å². The van der Waals surface area contributed by atoms with Crippen molar-refractivity contribution in [1.29, 1.82) is 0 Å². The van der Waals surface area contributed by atoms with Crippen LogP contribution in [-0.4, -0.2) is 22.9 Å². The Labute approximate surface area is 170 Å². The number of hydrogen-bond donors (Lipinski definition) is 1. The quantitative estimate of drug-likeness (QED) is 0.278. The Morgan fingerprint density at radius 1 is 1.19 bits per heavy atom. The predicted octanol–water partition coefficient (Wildman–Crippen LogP) is 4.01. The first-order chi connectivity index (χ1) is 12.8. The molecule has 1 atom stereocenters. The summed E-state index contributed by atoms with van der Waals surface area (Å²) in [5, 5.41) is 13.8. The monoisotopic (exact) mass is 482 g/mol. The van der Waals surface area contributed by atoms with Crippen LogP contribution in [0.4, 0.5) is 5.69 Å². The first-order valence-corrected chi connectivity index (χ1v) is 9.35. The summed E-state index contributed by atoms with van der Waals surface area (Å²) in [5.74, 6) is -0.929. The number of hydrogen-bond acceptors (Lipinski definition) is 5. The Morgan fingerprint density at radius 3 is 2.44 bits per heavy atom. The Morgan fingerprint density at radius 2 is 1.85 bits per heavy atom. The van der Waals surface area contributed by atoms with Gasteiger partial charge in [-0.05, 0) is 48.1 Å². The van der Waals surface area contributed by atoms with E-state index in [4.69, 9.17) is 4.74 Å². The minimum absolute atomic E-state index is 0.0422. The topological polar surface area (TPSA) is 98.5 Å². The molecule has 142 valence electrons. The van der Waals surface area contributed by atoms with Crippen molar-refractivity contribution in [3.8, 4) is 0 Å². The number of nitro groups is 1. The second-order valence-electron chi connectivity index (χ2n) is 6.10. The maximum Gasteiger partial charge on any atom is 0.308 e. The van der Waals surface area contributed by atoms with Gasteiger partial charge in [0.25, 0.3) is 11.6 Å². The van der Waals surface area contributed by atoms with Crippen LogP contribution in [-0.2, 0) is 9.53 Å². The summed E-state index contributed by atoms with van der Waals surface area (Å²) in [5.41, 5.74) is 0.756. The van der Waals surface area contributed by atoms with Gasteiger partial charge in [0.15, 0.2) is 0 Å². The number of benzene rings is 2. The first kappa shape index (κ1) is 20.8. The van der Waals surface area contributed by atoms with Gasteiger partial charge in [-0.25, -0.2) is 0 Å².